The molecule has 14 heterocycles. The molecule has 8 N–H and O–H groups in total. The van der Waals surface area contributed by atoms with Gasteiger partial charge in [-0.15, -0.1) is 0 Å². The van der Waals surface area contributed by atoms with E-state index in [4.69, 9.17) is 63.6 Å². The van der Waals surface area contributed by atoms with Crippen molar-refractivity contribution in [1.29, 1.82) is 0 Å². The Kier molecular flexibility index (Phi) is 25.9. The summed E-state index contributed by atoms with van der Waals surface area (Å²) in [6.07, 6.45) is 25.6. The van der Waals surface area contributed by atoms with Gasteiger partial charge in [0.15, 0.2) is 11.6 Å². The molecular formula is C105H68Cl4F4N20O3. The number of aryl methyl sites for hydroxylation is 1. The van der Waals surface area contributed by atoms with E-state index in [1.165, 1.54) is 30.6 Å². The summed E-state index contributed by atoms with van der Waals surface area (Å²) in [5, 5.41) is 9.64. The van der Waals surface area contributed by atoms with E-state index in [0.717, 1.165) is 134 Å². The zero-order valence-electron chi connectivity index (χ0n) is 71.1. The molecule has 0 fully saturated rings. The van der Waals surface area contributed by atoms with E-state index in [1.54, 1.807) is 148 Å². The number of nitrogens with one attached hydrogen (secondary N) is 2. The number of fused-ring (bicyclic) bond motifs is 5. The van der Waals surface area contributed by atoms with E-state index >= 15 is 0 Å². The summed E-state index contributed by atoms with van der Waals surface area (Å²) in [6.45, 7) is 1.72. The third-order valence-electron chi connectivity index (χ3n) is 22.1. The predicted octanol–water partition coefficient (Wildman–Crippen LogP) is 24.0. The van der Waals surface area contributed by atoms with Crippen LogP contribution in [-0.2, 0) is 0 Å². The summed E-state index contributed by atoms with van der Waals surface area (Å²) in [5.41, 5.74) is 40.2. The number of carbonyl (C=O) groups is 3. The number of primary amides is 3. The molecule has 23 nitrogen and oxygen atoms in total. The van der Waals surface area contributed by atoms with E-state index in [2.05, 4.69) is 75.0 Å². The van der Waals surface area contributed by atoms with Gasteiger partial charge in [0, 0.05) is 162 Å². The van der Waals surface area contributed by atoms with Crippen molar-refractivity contribution in [3.8, 4) is 135 Å². The fraction of sp³-hybridized carbons (Fsp3) is 0.00952. The maximum absolute atomic E-state index is 13.7. The molecule has 0 aliphatic carbocycles. The average Bonchev–Trinajstić information content (AvgIpc) is 1.47. The predicted molar refractivity (Wildman–Crippen MR) is 522 cm³/mol. The third kappa shape index (κ3) is 19.0. The van der Waals surface area contributed by atoms with Crippen LogP contribution in [-0.4, -0.2) is 102 Å². The number of amides is 3. The monoisotopic (exact) mass is 1870 g/mol. The number of rotatable bonds is 15. The van der Waals surface area contributed by atoms with Crippen molar-refractivity contribution >= 4 is 108 Å². The summed E-state index contributed by atoms with van der Waals surface area (Å²) in [4.78, 5) is 91.1. The average molecular weight is 1880 g/mol. The molecule has 0 atom stereocenters. The normalized spacial score (nSPS) is 11.0. The molecule has 0 aliphatic heterocycles. The minimum Gasteiger partial charge on any atom is -0.366 e. The van der Waals surface area contributed by atoms with Gasteiger partial charge in [0.05, 0.1) is 89.2 Å². The SMILES string of the molecule is Cc1cc(-c2ncccc2-c2ccc3nccc(C(N)=O)c3c2)ccc1F.Fc1ccc(-c2ncccc2-c2ccc3ncc(-c4ncc[nH]4)n3c2)cc1Cl.Fc1ccc(-c2ncccc2-c2ccc3ncc(-c4ncn[nH]4)n3c2)cc1Cl.NC(=O)c1ccnc2ccc(-c3cccnc3-c3ccc(F)c(Cl)c3)cc12.NC(=O)c1ccnc2ccc(-c3cccnc3-c3cccc(Cl)c3)cc12. The first-order chi connectivity index (χ1) is 66.1. The van der Waals surface area contributed by atoms with Crippen LogP contribution in [0.4, 0.5) is 17.6 Å². The molecule has 0 saturated carbocycles. The van der Waals surface area contributed by atoms with Gasteiger partial charge in [0.1, 0.15) is 52.3 Å². The quantitative estimate of drug-likeness (QED) is 0.0595. The molecule has 22 rings (SSSR count). The summed E-state index contributed by atoms with van der Waals surface area (Å²) < 4.78 is 58.3. The van der Waals surface area contributed by atoms with Gasteiger partial charge < -0.3 is 22.2 Å². The number of halogens is 8. The van der Waals surface area contributed by atoms with Crippen LogP contribution in [0.1, 0.15) is 36.6 Å². The van der Waals surface area contributed by atoms with Crippen LogP contribution < -0.4 is 17.2 Å². The highest BCUT2D eigenvalue weighted by Crippen LogP contribution is 2.41. The Balaban J connectivity index is 0.000000113. The van der Waals surface area contributed by atoms with Crippen molar-refractivity contribution in [2.24, 2.45) is 17.2 Å². The number of nitrogens with zero attached hydrogens (tertiary/aromatic N) is 15. The molecule has 0 radical (unpaired) electrons. The number of hydrogen-bond acceptors (Lipinski definition) is 16. The lowest BCUT2D eigenvalue weighted by atomic mass is 9.96. The molecule has 0 saturated heterocycles. The Labute approximate surface area is 791 Å². The molecule has 0 unspecified atom stereocenters. The van der Waals surface area contributed by atoms with E-state index < -0.39 is 35.2 Å². The lowest BCUT2D eigenvalue weighted by Crippen LogP contribution is -2.11. The zero-order valence-corrected chi connectivity index (χ0v) is 74.1. The van der Waals surface area contributed by atoms with Gasteiger partial charge in [0.2, 0.25) is 17.7 Å². The van der Waals surface area contributed by atoms with Crippen molar-refractivity contribution in [2.45, 2.75) is 6.92 Å². The summed E-state index contributed by atoms with van der Waals surface area (Å²) >= 11 is 24.0. The van der Waals surface area contributed by atoms with Gasteiger partial charge in [-0.25, -0.2) is 37.5 Å². The van der Waals surface area contributed by atoms with Crippen molar-refractivity contribution in [3.63, 3.8) is 0 Å². The molecule has 22 aromatic rings. The van der Waals surface area contributed by atoms with Crippen LogP contribution in [0.5, 0.6) is 0 Å². The largest absolute Gasteiger partial charge is 0.366 e. The van der Waals surface area contributed by atoms with Crippen LogP contribution in [0.3, 0.4) is 0 Å². The van der Waals surface area contributed by atoms with Gasteiger partial charge in [-0.2, -0.15) is 5.10 Å². The Morgan fingerprint density at radius 3 is 1.01 bits per heavy atom. The number of aromatic nitrogens is 17. The highest BCUT2D eigenvalue weighted by atomic mass is 35.5. The van der Waals surface area contributed by atoms with Crippen LogP contribution in [0.2, 0.25) is 20.1 Å². The zero-order chi connectivity index (χ0) is 94.2. The molecule has 0 spiro atoms. The molecule has 3 amide bonds. The second-order valence-electron chi connectivity index (χ2n) is 30.6. The number of benzene rings is 8. The number of carbonyl (C=O) groups excluding carboxylic acids is 3. The van der Waals surface area contributed by atoms with Gasteiger partial charge >= 0.3 is 0 Å². The lowest BCUT2D eigenvalue weighted by Gasteiger charge is -2.11. The number of pyridine rings is 10. The molecule has 31 heteroatoms. The van der Waals surface area contributed by atoms with Crippen molar-refractivity contribution < 1.29 is 31.9 Å². The maximum Gasteiger partial charge on any atom is 0.249 e. The molecule has 0 bridgehead atoms. The molecule has 14 aromatic heterocycles. The van der Waals surface area contributed by atoms with Gasteiger partial charge in [-0.05, 0) is 223 Å². The number of H-pyrrole nitrogens is 2. The van der Waals surface area contributed by atoms with E-state index in [0.29, 0.717) is 71.9 Å². The van der Waals surface area contributed by atoms with Crippen LogP contribution in [0, 0.1) is 30.2 Å². The fourth-order valence-electron chi connectivity index (χ4n) is 15.6. The number of aromatic amines is 2. The molecule has 136 heavy (non-hydrogen) atoms. The van der Waals surface area contributed by atoms with E-state index in [1.807, 2.05) is 185 Å². The maximum atomic E-state index is 13.7. The topological polar surface area (TPSA) is 337 Å². The first kappa shape index (κ1) is 89.4. The molecule has 0 aliphatic rings. The second kappa shape index (κ2) is 39.4. The van der Waals surface area contributed by atoms with E-state index in [-0.39, 0.29) is 20.9 Å². The fourth-order valence-corrected chi connectivity index (χ4v) is 16.4. The smallest absolute Gasteiger partial charge is 0.249 e. The van der Waals surface area contributed by atoms with Gasteiger partial charge in [-0.1, -0.05) is 107 Å². The Morgan fingerprint density at radius 1 is 0.316 bits per heavy atom. The third-order valence-corrected chi connectivity index (χ3v) is 23.2. The van der Waals surface area contributed by atoms with Gasteiger partial charge in [-0.3, -0.25) is 68.2 Å². The van der Waals surface area contributed by atoms with Crippen LogP contribution >= 0.6 is 46.4 Å². The van der Waals surface area contributed by atoms with Crippen molar-refractivity contribution in [2.75, 3.05) is 0 Å². The minimum atomic E-state index is -0.517. The number of nitrogens with two attached hydrogens (primary N) is 3. The molecule has 8 aromatic carbocycles. The first-order valence-electron chi connectivity index (χ1n) is 41.6. The van der Waals surface area contributed by atoms with Crippen LogP contribution in [0.15, 0.2) is 348 Å². The number of hydrogen-bond donors (Lipinski definition) is 5. The minimum absolute atomic E-state index is 0.0304. The Hall–Kier alpha value is -17.2. The molecule has 662 valence electrons. The van der Waals surface area contributed by atoms with Crippen LogP contribution in [0.25, 0.3) is 179 Å². The summed E-state index contributed by atoms with van der Waals surface area (Å²) in [7, 11) is 0. The summed E-state index contributed by atoms with van der Waals surface area (Å²) in [5.74, 6) is -1.78. The first-order valence-corrected chi connectivity index (χ1v) is 43.2. The Morgan fingerprint density at radius 2 is 0.669 bits per heavy atom. The lowest BCUT2D eigenvalue weighted by molar-refractivity contribution is 0.0993. The Bertz CT molecular complexity index is 7970. The van der Waals surface area contributed by atoms with Gasteiger partial charge in [0.25, 0.3) is 0 Å². The summed E-state index contributed by atoms with van der Waals surface area (Å²) in [6, 6.07) is 74.9. The number of imidazole rings is 3. The van der Waals surface area contributed by atoms with E-state index in [9.17, 15) is 31.9 Å². The standard InChI is InChI=1S/C22H16FN3O.C21H13ClFN5.C21H13ClFN3O.C21H14ClN3O.C20H12ClFN6/c1-13-11-15(4-6-19(13)23)21-16(3-2-9-26-21)14-5-7-20-18(12-14)17(22(24)27)8-10-25-20;22-16-10-13(3-5-17(16)23)20-15(2-1-7-24-20)14-4-6-19-27-11-18(28(19)12-14)21-25-8-9-26-21;22-17-11-13(3-5-18(17)23)20-14(2-1-8-26-20)12-4-6-19-16(10-12)15(21(24)27)7-9-25-19;22-15-4-1-3-14(11-15)20-16(5-2-9-25-20)13-6-7-19-18(12-13)17(21(23)26)8-10-24-19;21-15-8-12(3-5-16(15)22)19-14(2-1-7-23-19)13-4-6-18-24-9-17(28(18)10-13)20-25-11-26-27-20/h2-12H,1H3,(H2,24,27);1-12H,(H,25,26);1-11H,(H2,24,27);1-12H,(H2,23,26);1-11H,(H,25,26,27). The highest BCUT2D eigenvalue weighted by molar-refractivity contribution is 6.32. The van der Waals surface area contributed by atoms with Crippen molar-refractivity contribution in [3.05, 3.63) is 413 Å². The van der Waals surface area contributed by atoms with Crippen molar-refractivity contribution in [1.82, 2.24) is 83.8 Å². The second-order valence-corrected chi connectivity index (χ2v) is 32.2. The highest BCUT2D eigenvalue weighted by Gasteiger charge is 2.22. The molecular weight excluding hydrogens is 1810 g/mol.